The van der Waals surface area contributed by atoms with Gasteiger partial charge in [-0.15, -0.1) is 0 Å². The second kappa shape index (κ2) is 7.51. The van der Waals surface area contributed by atoms with Crippen molar-refractivity contribution in [1.82, 2.24) is 14.8 Å². The fourth-order valence-corrected chi connectivity index (χ4v) is 2.87. The number of phenols is 1. The van der Waals surface area contributed by atoms with Crippen LogP contribution in [0.1, 0.15) is 21.6 Å². The number of para-hydroxylation sites is 1. The zero-order chi connectivity index (χ0) is 19.6. The summed E-state index contributed by atoms with van der Waals surface area (Å²) < 4.78 is 3.17. The standard InChI is InChI=1S/C19H17ClN4O3/c1-12-16(23(2)24(19(12)27)14-6-4-3-5-7-14)11-21-22-18(26)15-10-13(20)8-9-17(15)25/h3-11,25H,1-2H3,(H,22,26)/b21-11-. The van der Waals surface area contributed by atoms with Gasteiger partial charge in [0, 0.05) is 17.6 Å². The molecule has 3 aromatic rings. The van der Waals surface area contributed by atoms with Gasteiger partial charge in [0.1, 0.15) is 5.75 Å². The lowest BCUT2D eigenvalue weighted by atomic mass is 10.2. The quantitative estimate of drug-likeness (QED) is 0.535. The molecule has 1 amide bonds. The van der Waals surface area contributed by atoms with Gasteiger partial charge in [0.25, 0.3) is 11.5 Å². The Hall–Kier alpha value is -3.32. The lowest BCUT2D eigenvalue weighted by Crippen LogP contribution is -2.20. The molecule has 0 unspecified atom stereocenters. The third-order valence-corrected chi connectivity index (χ3v) is 4.34. The average molecular weight is 385 g/mol. The minimum atomic E-state index is -0.614. The highest BCUT2D eigenvalue weighted by Gasteiger charge is 2.15. The van der Waals surface area contributed by atoms with Gasteiger partial charge in [-0.3, -0.25) is 14.3 Å². The molecule has 0 aliphatic carbocycles. The summed E-state index contributed by atoms with van der Waals surface area (Å²) in [7, 11) is 1.73. The maximum Gasteiger partial charge on any atom is 0.275 e. The molecule has 8 heteroatoms. The highest BCUT2D eigenvalue weighted by Crippen LogP contribution is 2.21. The monoisotopic (exact) mass is 384 g/mol. The van der Waals surface area contributed by atoms with Crippen molar-refractivity contribution in [1.29, 1.82) is 0 Å². The summed E-state index contributed by atoms with van der Waals surface area (Å²) in [5, 5.41) is 14.0. The van der Waals surface area contributed by atoms with Crippen LogP contribution in [0, 0.1) is 6.92 Å². The molecule has 2 aromatic carbocycles. The zero-order valence-electron chi connectivity index (χ0n) is 14.7. The molecular weight excluding hydrogens is 368 g/mol. The number of phenolic OH excluding ortho intramolecular Hbond substituents is 1. The van der Waals surface area contributed by atoms with E-state index in [9.17, 15) is 14.7 Å². The molecule has 2 N–H and O–H groups in total. The van der Waals surface area contributed by atoms with E-state index < -0.39 is 5.91 Å². The SMILES string of the molecule is Cc1c(/C=N\NC(=O)c2cc(Cl)ccc2O)n(C)n(-c2ccccc2)c1=O. The van der Waals surface area contributed by atoms with Crippen molar-refractivity contribution in [2.24, 2.45) is 12.1 Å². The molecule has 0 bridgehead atoms. The van der Waals surface area contributed by atoms with Crippen LogP contribution in [-0.2, 0) is 7.05 Å². The van der Waals surface area contributed by atoms with Gasteiger partial charge < -0.3 is 5.11 Å². The third kappa shape index (κ3) is 3.63. The Labute approximate surface area is 160 Å². The summed E-state index contributed by atoms with van der Waals surface area (Å²) in [5.41, 5.74) is 3.91. The molecule has 27 heavy (non-hydrogen) atoms. The number of carbonyl (C=O) groups excluding carboxylic acids is 1. The molecule has 0 fully saturated rings. The molecule has 0 atom stereocenters. The number of nitrogens with one attached hydrogen (secondary N) is 1. The highest BCUT2D eigenvalue weighted by atomic mass is 35.5. The summed E-state index contributed by atoms with van der Waals surface area (Å²) in [6, 6.07) is 13.3. The molecule has 0 aliphatic heterocycles. The number of aromatic hydroxyl groups is 1. The molecule has 3 rings (SSSR count). The second-order valence-electron chi connectivity index (χ2n) is 5.85. The maximum atomic E-state index is 12.6. The number of benzene rings is 2. The number of hydrazone groups is 1. The summed E-state index contributed by atoms with van der Waals surface area (Å²) in [5.74, 6) is -0.817. The Balaban J connectivity index is 1.87. The fraction of sp³-hybridized carbons (Fsp3) is 0.105. The van der Waals surface area contributed by atoms with E-state index in [0.717, 1.165) is 5.69 Å². The van der Waals surface area contributed by atoms with Crippen LogP contribution in [0.5, 0.6) is 5.75 Å². The number of nitrogens with zero attached hydrogens (tertiary/aromatic N) is 3. The predicted octanol–water partition coefficient (Wildman–Crippen LogP) is 2.61. The van der Waals surface area contributed by atoms with Crippen LogP contribution >= 0.6 is 11.6 Å². The van der Waals surface area contributed by atoms with E-state index in [4.69, 9.17) is 11.6 Å². The molecule has 138 valence electrons. The zero-order valence-corrected chi connectivity index (χ0v) is 15.4. The summed E-state index contributed by atoms with van der Waals surface area (Å²) in [4.78, 5) is 24.7. The van der Waals surface area contributed by atoms with Gasteiger partial charge >= 0.3 is 0 Å². The summed E-state index contributed by atoms with van der Waals surface area (Å²) >= 11 is 5.84. The third-order valence-electron chi connectivity index (χ3n) is 4.10. The van der Waals surface area contributed by atoms with E-state index >= 15 is 0 Å². The topological polar surface area (TPSA) is 88.6 Å². The first-order chi connectivity index (χ1) is 12.9. The molecule has 0 saturated carbocycles. The summed E-state index contributed by atoms with van der Waals surface area (Å²) in [6.45, 7) is 1.69. The molecule has 1 aromatic heterocycles. The van der Waals surface area contributed by atoms with E-state index in [1.54, 1.807) is 18.7 Å². The van der Waals surface area contributed by atoms with Crippen molar-refractivity contribution in [3.63, 3.8) is 0 Å². The largest absolute Gasteiger partial charge is 0.507 e. The van der Waals surface area contributed by atoms with Gasteiger partial charge in [-0.05, 0) is 37.3 Å². The van der Waals surface area contributed by atoms with E-state index in [0.29, 0.717) is 16.3 Å². The van der Waals surface area contributed by atoms with E-state index in [-0.39, 0.29) is 16.9 Å². The normalized spacial score (nSPS) is 11.1. The van der Waals surface area contributed by atoms with Crippen molar-refractivity contribution in [2.45, 2.75) is 6.92 Å². The van der Waals surface area contributed by atoms with Gasteiger partial charge in [-0.25, -0.2) is 10.1 Å². The molecule has 0 aliphatic rings. The Kier molecular flexibility index (Phi) is 5.14. The molecule has 0 spiro atoms. The Bertz CT molecular complexity index is 1080. The lowest BCUT2D eigenvalue weighted by Gasteiger charge is -2.08. The van der Waals surface area contributed by atoms with E-state index in [1.807, 2.05) is 30.3 Å². The van der Waals surface area contributed by atoms with Crippen molar-refractivity contribution < 1.29 is 9.90 Å². The number of rotatable bonds is 4. The number of halogens is 1. The molecule has 7 nitrogen and oxygen atoms in total. The van der Waals surface area contributed by atoms with Gasteiger partial charge in [0.2, 0.25) is 0 Å². The van der Waals surface area contributed by atoms with Crippen LogP contribution in [0.3, 0.4) is 0 Å². The molecule has 1 heterocycles. The van der Waals surface area contributed by atoms with Crippen LogP contribution in [0.15, 0.2) is 58.4 Å². The maximum absolute atomic E-state index is 12.6. The van der Waals surface area contributed by atoms with E-state index in [2.05, 4.69) is 10.5 Å². The molecule has 0 saturated heterocycles. The van der Waals surface area contributed by atoms with Crippen molar-refractivity contribution >= 4 is 23.7 Å². The minimum absolute atomic E-state index is 0.00659. The van der Waals surface area contributed by atoms with Gasteiger partial charge in [-0.2, -0.15) is 5.10 Å². The van der Waals surface area contributed by atoms with Crippen molar-refractivity contribution in [3.05, 3.63) is 80.7 Å². The van der Waals surface area contributed by atoms with Crippen molar-refractivity contribution in [3.8, 4) is 11.4 Å². The smallest absolute Gasteiger partial charge is 0.275 e. The second-order valence-corrected chi connectivity index (χ2v) is 6.28. The lowest BCUT2D eigenvalue weighted by molar-refractivity contribution is 0.0952. The number of carbonyl (C=O) groups is 1. The van der Waals surface area contributed by atoms with Crippen LogP contribution in [0.4, 0.5) is 0 Å². The van der Waals surface area contributed by atoms with Crippen LogP contribution in [0.25, 0.3) is 5.69 Å². The minimum Gasteiger partial charge on any atom is -0.507 e. The fourth-order valence-electron chi connectivity index (χ4n) is 2.70. The summed E-state index contributed by atoms with van der Waals surface area (Å²) in [6.07, 6.45) is 1.38. The first kappa shape index (κ1) is 18.5. The van der Waals surface area contributed by atoms with Gasteiger partial charge in [0.05, 0.1) is 23.2 Å². The van der Waals surface area contributed by atoms with Crippen LogP contribution in [0.2, 0.25) is 5.02 Å². The van der Waals surface area contributed by atoms with Gasteiger partial charge in [-0.1, -0.05) is 29.8 Å². The molecular formula is C19H17ClN4O3. The average Bonchev–Trinajstić information content (AvgIpc) is 2.87. The first-order valence-electron chi connectivity index (χ1n) is 8.06. The molecule has 0 radical (unpaired) electrons. The Morgan fingerprint density at radius 2 is 1.93 bits per heavy atom. The van der Waals surface area contributed by atoms with E-state index in [1.165, 1.54) is 29.1 Å². The number of amides is 1. The van der Waals surface area contributed by atoms with Crippen LogP contribution < -0.4 is 11.0 Å². The van der Waals surface area contributed by atoms with Gasteiger partial charge in [0.15, 0.2) is 0 Å². The number of hydrogen-bond donors (Lipinski definition) is 2. The Morgan fingerprint density at radius 1 is 1.22 bits per heavy atom. The first-order valence-corrected chi connectivity index (χ1v) is 8.44. The van der Waals surface area contributed by atoms with Crippen LogP contribution in [-0.4, -0.2) is 26.6 Å². The number of hydrogen-bond acceptors (Lipinski definition) is 4. The number of aromatic nitrogens is 2. The predicted molar refractivity (Wildman–Crippen MR) is 104 cm³/mol. The highest BCUT2D eigenvalue weighted by molar-refractivity contribution is 6.31. The van der Waals surface area contributed by atoms with Crippen molar-refractivity contribution in [2.75, 3.05) is 0 Å². The Morgan fingerprint density at radius 3 is 2.63 bits per heavy atom.